The van der Waals surface area contributed by atoms with Gasteiger partial charge in [0.15, 0.2) is 0 Å². The lowest BCUT2D eigenvalue weighted by molar-refractivity contribution is -0.142. The lowest BCUT2D eigenvalue weighted by Gasteiger charge is -2.31. The minimum absolute atomic E-state index is 0.0549. The van der Waals surface area contributed by atoms with Crippen LogP contribution >= 0.6 is 0 Å². The summed E-state index contributed by atoms with van der Waals surface area (Å²) in [5.74, 6) is 0.903. The van der Waals surface area contributed by atoms with Gasteiger partial charge in [-0.15, -0.1) is 0 Å². The molecule has 5 rings (SSSR count). The van der Waals surface area contributed by atoms with Gasteiger partial charge in [-0.3, -0.25) is 19.5 Å². The van der Waals surface area contributed by atoms with Crippen LogP contribution in [0.5, 0.6) is 0 Å². The summed E-state index contributed by atoms with van der Waals surface area (Å²) in [5, 5.41) is 10.8. The molecule has 0 radical (unpaired) electrons. The Morgan fingerprint density at radius 1 is 1.06 bits per heavy atom. The van der Waals surface area contributed by atoms with E-state index < -0.39 is 0 Å². The first-order valence-corrected chi connectivity index (χ1v) is 11.9. The molecular formula is C25H29N7O3. The van der Waals surface area contributed by atoms with Gasteiger partial charge in [0.25, 0.3) is 5.91 Å². The van der Waals surface area contributed by atoms with E-state index in [0.29, 0.717) is 23.2 Å². The first-order chi connectivity index (χ1) is 17.1. The summed E-state index contributed by atoms with van der Waals surface area (Å²) < 4.78 is 4.74. The number of hydrogen-bond donors (Lipinski definition) is 3. The largest absolute Gasteiger partial charge is 0.468 e. The molecule has 1 saturated heterocycles. The summed E-state index contributed by atoms with van der Waals surface area (Å²) in [6, 6.07) is 8.00. The predicted octanol–water partition coefficient (Wildman–Crippen LogP) is 2.71. The zero-order valence-corrected chi connectivity index (χ0v) is 19.7. The summed E-state index contributed by atoms with van der Waals surface area (Å²) in [4.78, 5) is 39.9. The number of pyridine rings is 3. The molecule has 3 N–H and O–H groups in total. The quantitative estimate of drug-likeness (QED) is 0.422. The Kier molecular flexibility index (Phi) is 6.71. The highest BCUT2D eigenvalue weighted by Gasteiger charge is 2.26. The van der Waals surface area contributed by atoms with E-state index in [0.717, 1.165) is 55.4 Å². The summed E-state index contributed by atoms with van der Waals surface area (Å²) in [6.45, 7) is 1.76. The summed E-state index contributed by atoms with van der Waals surface area (Å²) >= 11 is 0. The van der Waals surface area contributed by atoms with Gasteiger partial charge in [0.05, 0.1) is 30.4 Å². The van der Waals surface area contributed by atoms with E-state index in [1.54, 1.807) is 18.6 Å². The summed E-state index contributed by atoms with van der Waals surface area (Å²) in [6.07, 6.45) is 8.84. The number of likely N-dealkylation sites (tertiary alicyclic amines) is 1. The molecule has 1 aliphatic carbocycles. The highest BCUT2D eigenvalue weighted by atomic mass is 16.5. The fraction of sp³-hybridized carbons (Fsp3) is 0.400. The van der Waals surface area contributed by atoms with Crippen molar-refractivity contribution in [3.05, 3.63) is 48.4 Å². The number of aromatic nitrogens is 3. The number of piperidine rings is 1. The number of ether oxygens (including phenoxy) is 1. The van der Waals surface area contributed by atoms with Crippen LogP contribution in [0.25, 0.3) is 10.9 Å². The van der Waals surface area contributed by atoms with Crippen LogP contribution in [0.15, 0.2) is 42.9 Å². The first-order valence-electron chi connectivity index (χ1n) is 11.9. The average molecular weight is 476 g/mol. The second-order valence-corrected chi connectivity index (χ2v) is 9.02. The van der Waals surface area contributed by atoms with Gasteiger partial charge in [0.2, 0.25) is 0 Å². The number of fused-ring (bicyclic) bond motifs is 1. The zero-order valence-electron chi connectivity index (χ0n) is 19.7. The fourth-order valence-electron chi connectivity index (χ4n) is 4.18. The maximum atomic E-state index is 13.1. The van der Waals surface area contributed by atoms with Crippen LogP contribution in [0.4, 0.5) is 17.3 Å². The van der Waals surface area contributed by atoms with E-state index in [2.05, 4.69) is 30.9 Å². The Hall–Kier alpha value is -3.79. The third kappa shape index (κ3) is 5.83. The minimum atomic E-state index is -0.237. The van der Waals surface area contributed by atoms with Gasteiger partial charge in [0, 0.05) is 55.2 Å². The molecule has 0 spiro atoms. The first kappa shape index (κ1) is 23.0. The van der Waals surface area contributed by atoms with Crippen molar-refractivity contribution in [1.29, 1.82) is 0 Å². The van der Waals surface area contributed by atoms with E-state index in [4.69, 9.17) is 4.74 Å². The highest BCUT2D eigenvalue weighted by Crippen LogP contribution is 2.29. The molecule has 2 fully saturated rings. The van der Waals surface area contributed by atoms with Crippen molar-refractivity contribution >= 4 is 40.1 Å². The molecule has 1 aliphatic heterocycles. The Labute approximate surface area is 203 Å². The average Bonchev–Trinajstić information content (AvgIpc) is 3.69. The van der Waals surface area contributed by atoms with Crippen LogP contribution in [0.1, 0.15) is 36.0 Å². The molecule has 0 unspecified atom stereocenters. The molecule has 0 atom stereocenters. The van der Waals surface area contributed by atoms with E-state index >= 15 is 0 Å². The summed E-state index contributed by atoms with van der Waals surface area (Å²) in [5.41, 5.74) is 2.13. The minimum Gasteiger partial charge on any atom is -0.468 e. The van der Waals surface area contributed by atoms with Crippen LogP contribution in [-0.4, -0.2) is 70.6 Å². The van der Waals surface area contributed by atoms with Crippen molar-refractivity contribution in [3.8, 4) is 0 Å². The number of hydrogen-bond acceptors (Lipinski definition) is 9. The highest BCUT2D eigenvalue weighted by molar-refractivity contribution is 6.00. The van der Waals surface area contributed by atoms with E-state index in [1.807, 2.05) is 29.2 Å². The number of esters is 1. The van der Waals surface area contributed by atoms with E-state index in [1.165, 1.54) is 7.11 Å². The Morgan fingerprint density at radius 2 is 1.89 bits per heavy atom. The molecule has 4 heterocycles. The van der Waals surface area contributed by atoms with Gasteiger partial charge in [-0.2, -0.15) is 0 Å². The van der Waals surface area contributed by atoms with Crippen LogP contribution in [0.3, 0.4) is 0 Å². The number of amides is 1. The molecular weight excluding hydrogens is 446 g/mol. The molecule has 3 aromatic heterocycles. The maximum Gasteiger partial charge on any atom is 0.319 e. The number of anilines is 3. The number of carbonyl (C=O) groups excluding carboxylic acids is 2. The second-order valence-electron chi connectivity index (χ2n) is 9.02. The molecule has 2 aliphatic rings. The monoisotopic (exact) mass is 475 g/mol. The number of methoxy groups -OCH3 is 1. The van der Waals surface area contributed by atoms with E-state index in [-0.39, 0.29) is 24.5 Å². The number of nitrogens with zero attached hydrogens (tertiary/aromatic N) is 4. The second kappa shape index (κ2) is 10.2. The maximum absolute atomic E-state index is 13.1. The normalized spacial score (nSPS) is 16.6. The third-order valence-corrected chi connectivity index (χ3v) is 6.33. The standard InChI is InChI=1S/C25H29N7O3/c1-35-24(33)15-32-10-7-18(8-11-32)29-25(34)19-14-27-23(12-21(19)28-17-3-4-17)31-22-5-2-16-13-26-9-6-20(16)30-22/h2,5-6,9,12-14,17-18H,3-4,7-8,10-11,15H2,1H3,(H,29,34)(H2,27,28,30,31). The van der Waals surface area contributed by atoms with Crippen LogP contribution in [-0.2, 0) is 9.53 Å². The van der Waals surface area contributed by atoms with Crippen LogP contribution < -0.4 is 16.0 Å². The van der Waals surface area contributed by atoms with Crippen LogP contribution in [0.2, 0.25) is 0 Å². The van der Waals surface area contributed by atoms with Crippen molar-refractivity contribution in [1.82, 2.24) is 25.2 Å². The van der Waals surface area contributed by atoms with Crippen LogP contribution in [0, 0.1) is 0 Å². The lowest BCUT2D eigenvalue weighted by Crippen LogP contribution is -2.46. The van der Waals surface area contributed by atoms with Gasteiger partial charge < -0.3 is 20.7 Å². The Morgan fingerprint density at radius 3 is 2.66 bits per heavy atom. The van der Waals surface area contributed by atoms with Gasteiger partial charge >= 0.3 is 5.97 Å². The molecule has 1 amide bonds. The zero-order chi connectivity index (χ0) is 24.2. The molecule has 10 heteroatoms. The third-order valence-electron chi connectivity index (χ3n) is 6.33. The van der Waals surface area contributed by atoms with Gasteiger partial charge in [-0.1, -0.05) is 0 Å². The van der Waals surface area contributed by atoms with Crippen molar-refractivity contribution in [3.63, 3.8) is 0 Å². The van der Waals surface area contributed by atoms with Crippen molar-refractivity contribution in [2.45, 2.75) is 37.8 Å². The topological polar surface area (TPSA) is 121 Å². The van der Waals surface area contributed by atoms with Crippen molar-refractivity contribution in [2.75, 3.05) is 37.4 Å². The number of rotatable bonds is 8. The van der Waals surface area contributed by atoms with Gasteiger partial charge in [0.1, 0.15) is 11.6 Å². The molecule has 3 aromatic rings. The Bertz CT molecular complexity index is 1220. The lowest BCUT2D eigenvalue weighted by atomic mass is 10.0. The smallest absolute Gasteiger partial charge is 0.319 e. The van der Waals surface area contributed by atoms with Gasteiger partial charge in [-0.25, -0.2) is 9.97 Å². The molecule has 35 heavy (non-hydrogen) atoms. The predicted molar refractivity (Wildman–Crippen MR) is 133 cm³/mol. The number of carbonyl (C=O) groups is 2. The molecule has 0 aromatic carbocycles. The van der Waals surface area contributed by atoms with Gasteiger partial charge in [-0.05, 0) is 43.9 Å². The molecule has 10 nitrogen and oxygen atoms in total. The van der Waals surface area contributed by atoms with Crippen molar-refractivity contribution in [2.24, 2.45) is 0 Å². The summed E-state index contributed by atoms with van der Waals surface area (Å²) in [7, 11) is 1.40. The molecule has 182 valence electrons. The van der Waals surface area contributed by atoms with Crippen molar-refractivity contribution < 1.29 is 14.3 Å². The molecule has 1 saturated carbocycles. The SMILES string of the molecule is COC(=O)CN1CCC(NC(=O)c2cnc(Nc3ccc4cnccc4n3)cc2NC2CC2)CC1. The number of nitrogens with one attached hydrogen (secondary N) is 3. The van der Waals surface area contributed by atoms with E-state index in [9.17, 15) is 9.59 Å². The molecule has 0 bridgehead atoms. The Balaban J connectivity index is 1.26. The fourth-order valence-corrected chi connectivity index (χ4v) is 4.18.